The van der Waals surface area contributed by atoms with Gasteiger partial charge in [0.15, 0.2) is 0 Å². The van der Waals surface area contributed by atoms with Gasteiger partial charge >= 0.3 is 5.97 Å². The molecular weight excluding hydrogens is 286 g/mol. The van der Waals surface area contributed by atoms with Gasteiger partial charge in [0.1, 0.15) is 0 Å². The number of furan rings is 1. The fraction of sp³-hybridized carbons (Fsp3) is 0.545. The van der Waals surface area contributed by atoms with Crippen LogP contribution in [0.4, 0.5) is 0 Å². The van der Waals surface area contributed by atoms with Crippen LogP contribution < -0.4 is 10.0 Å². The first-order valence-corrected chi connectivity index (χ1v) is 7.73. The lowest BCUT2D eigenvalue weighted by molar-refractivity contribution is 0.0656. The highest BCUT2D eigenvalue weighted by atomic mass is 32.2. The second kappa shape index (κ2) is 6.35. The highest BCUT2D eigenvalue weighted by Gasteiger charge is 2.21. The standard InChI is InChI=1S/C11H17N3O5S/c15-11(16)9-1-2-10(19-9)20(17,18)13-5-8-14-6-3-12-4-7-14/h1-2,12-13H,3-8H2,(H,15,16). The minimum atomic E-state index is -3.80. The molecule has 1 saturated heterocycles. The van der Waals surface area contributed by atoms with Crippen LogP contribution >= 0.6 is 0 Å². The highest BCUT2D eigenvalue weighted by Crippen LogP contribution is 2.13. The highest BCUT2D eigenvalue weighted by molar-refractivity contribution is 7.89. The zero-order valence-corrected chi connectivity index (χ0v) is 11.6. The summed E-state index contributed by atoms with van der Waals surface area (Å²) in [5.41, 5.74) is 0. The van der Waals surface area contributed by atoms with E-state index in [4.69, 9.17) is 9.52 Å². The minimum Gasteiger partial charge on any atom is -0.475 e. The maximum Gasteiger partial charge on any atom is 0.371 e. The topological polar surface area (TPSA) is 112 Å². The van der Waals surface area contributed by atoms with Gasteiger partial charge in [-0.05, 0) is 12.1 Å². The van der Waals surface area contributed by atoms with Gasteiger partial charge in [-0.1, -0.05) is 0 Å². The van der Waals surface area contributed by atoms with Crippen LogP contribution in [0.5, 0.6) is 0 Å². The van der Waals surface area contributed by atoms with E-state index in [0.29, 0.717) is 6.54 Å². The summed E-state index contributed by atoms with van der Waals surface area (Å²) in [5, 5.41) is 11.5. The van der Waals surface area contributed by atoms with Gasteiger partial charge in [-0.25, -0.2) is 17.9 Å². The van der Waals surface area contributed by atoms with E-state index in [0.717, 1.165) is 38.3 Å². The SMILES string of the molecule is O=C(O)c1ccc(S(=O)(=O)NCCN2CCNCC2)o1. The van der Waals surface area contributed by atoms with Crippen LogP contribution in [-0.4, -0.2) is 63.7 Å². The van der Waals surface area contributed by atoms with Crippen LogP contribution in [0.15, 0.2) is 21.6 Å². The number of hydrogen-bond donors (Lipinski definition) is 3. The Bertz CT molecular complexity index is 562. The Labute approximate surface area is 116 Å². The average Bonchev–Trinajstić information content (AvgIpc) is 2.90. The number of carboxylic acids is 1. The van der Waals surface area contributed by atoms with E-state index in [1.54, 1.807) is 0 Å². The molecule has 0 amide bonds. The van der Waals surface area contributed by atoms with Crippen LogP contribution in [0.3, 0.4) is 0 Å². The quantitative estimate of drug-likeness (QED) is 0.628. The molecule has 0 aliphatic carbocycles. The van der Waals surface area contributed by atoms with Crippen molar-refractivity contribution < 1.29 is 22.7 Å². The van der Waals surface area contributed by atoms with Gasteiger partial charge in [0, 0.05) is 39.3 Å². The molecule has 0 saturated carbocycles. The van der Waals surface area contributed by atoms with Crippen molar-refractivity contribution in [2.45, 2.75) is 5.09 Å². The molecule has 1 aromatic rings. The summed E-state index contributed by atoms with van der Waals surface area (Å²) in [6, 6.07) is 2.25. The van der Waals surface area contributed by atoms with Crippen molar-refractivity contribution in [2.24, 2.45) is 0 Å². The van der Waals surface area contributed by atoms with Gasteiger partial charge in [-0.3, -0.25) is 4.90 Å². The smallest absolute Gasteiger partial charge is 0.371 e. The molecule has 1 aliphatic heterocycles. The number of nitrogens with zero attached hydrogens (tertiary/aromatic N) is 1. The fourth-order valence-electron chi connectivity index (χ4n) is 1.92. The summed E-state index contributed by atoms with van der Waals surface area (Å²) < 4.78 is 30.9. The van der Waals surface area contributed by atoms with Gasteiger partial charge in [-0.15, -0.1) is 0 Å². The second-order valence-electron chi connectivity index (χ2n) is 4.41. The van der Waals surface area contributed by atoms with Crippen molar-refractivity contribution in [2.75, 3.05) is 39.3 Å². The predicted molar refractivity (Wildman–Crippen MR) is 70.2 cm³/mol. The Morgan fingerprint density at radius 1 is 1.40 bits per heavy atom. The van der Waals surface area contributed by atoms with Crippen LogP contribution in [-0.2, 0) is 10.0 Å². The Hall–Kier alpha value is -1.42. The first-order valence-electron chi connectivity index (χ1n) is 6.25. The number of nitrogens with one attached hydrogen (secondary N) is 2. The zero-order chi connectivity index (χ0) is 14.6. The molecule has 9 heteroatoms. The van der Waals surface area contributed by atoms with E-state index in [9.17, 15) is 13.2 Å². The Kier molecular flexibility index (Phi) is 4.76. The summed E-state index contributed by atoms with van der Waals surface area (Å²) in [6.07, 6.45) is 0. The molecule has 1 aliphatic rings. The summed E-state index contributed by atoms with van der Waals surface area (Å²) >= 11 is 0. The maximum absolute atomic E-state index is 11.9. The van der Waals surface area contributed by atoms with Crippen molar-refractivity contribution in [3.63, 3.8) is 0 Å². The Balaban J connectivity index is 1.88. The van der Waals surface area contributed by atoms with E-state index in [1.807, 2.05) is 0 Å². The van der Waals surface area contributed by atoms with Gasteiger partial charge in [0.05, 0.1) is 0 Å². The number of rotatable bonds is 6. The van der Waals surface area contributed by atoms with Crippen LogP contribution in [0, 0.1) is 0 Å². The molecule has 2 rings (SSSR count). The number of carboxylic acid groups (broad SMARTS) is 1. The average molecular weight is 303 g/mol. The van der Waals surface area contributed by atoms with Gasteiger partial charge in [0.25, 0.3) is 10.0 Å². The number of aromatic carboxylic acids is 1. The van der Waals surface area contributed by atoms with Gasteiger partial charge in [-0.2, -0.15) is 0 Å². The largest absolute Gasteiger partial charge is 0.475 e. The molecule has 0 aromatic carbocycles. The first-order chi connectivity index (χ1) is 9.49. The number of hydrogen-bond acceptors (Lipinski definition) is 6. The minimum absolute atomic E-state index is 0.255. The third kappa shape index (κ3) is 3.79. The third-order valence-corrected chi connectivity index (χ3v) is 4.32. The summed E-state index contributed by atoms with van der Waals surface area (Å²) in [4.78, 5) is 12.8. The van der Waals surface area contributed by atoms with E-state index in [1.165, 1.54) is 0 Å². The third-order valence-electron chi connectivity index (χ3n) is 2.99. The molecular formula is C11H17N3O5S. The van der Waals surface area contributed by atoms with E-state index in [2.05, 4.69) is 14.9 Å². The summed E-state index contributed by atoms with van der Waals surface area (Å²) in [5.74, 6) is -1.69. The van der Waals surface area contributed by atoms with Crippen molar-refractivity contribution in [3.05, 3.63) is 17.9 Å². The van der Waals surface area contributed by atoms with E-state index >= 15 is 0 Å². The number of piperazine rings is 1. The predicted octanol–water partition coefficient (Wildman–Crippen LogP) is -0.839. The lowest BCUT2D eigenvalue weighted by Crippen LogP contribution is -2.46. The van der Waals surface area contributed by atoms with Crippen LogP contribution in [0.25, 0.3) is 0 Å². The molecule has 0 bridgehead atoms. The van der Waals surface area contributed by atoms with Crippen molar-refractivity contribution >= 4 is 16.0 Å². The first kappa shape index (κ1) is 15.0. The normalized spacial score (nSPS) is 17.2. The maximum atomic E-state index is 11.9. The summed E-state index contributed by atoms with van der Waals surface area (Å²) in [6.45, 7) is 4.41. The van der Waals surface area contributed by atoms with Crippen molar-refractivity contribution in [3.8, 4) is 0 Å². The molecule has 2 heterocycles. The molecule has 0 radical (unpaired) electrons. The molecule has 0 spiro atoms. The number of sulfonamides is 1. The Morgan fingerprint density at radius 2 is 2.10 bits per heavy atom. The molecule has 3 N–H and O–H groups in total. The number of carbonyl (C=O) groups is 1. The van der Waals surface area contributed by atoms with E-state index in [-0.39, 0.29) is 11.6 Å². The lowest BCUT2D eigenvalue weighted by Gasteiger charge is -2.26. The zero-order valence-electron chi connectivity index (χ0n) is 10.8. The van der Waals surface area contributed by atoms with Gasteiger partial charge < -0.3 is 14.8 Å². The van der Waals surface area contributed by atoms with Crippen LogP contribution in [0.1, 0.15) is 10.6 Å². The molecule has 8 nitrogen and oxygen atoms in total. The second-order valence-corrected chi connectivity index (χ2v) is 6.11. The lowest BCUT2D eigenvalue weighted by atomic mass is 10.3. The molecule has 20 heavy (non-hydrogen) atoms. The Morgan fingerprint density at radius 3 is 2.70 bits per heavy atom. The van der Waals surface area contributed by atoms with Crippen molar-refractivity contribution in [1.29, 1.82) is 0 Å². The monoisotopic (exact) mass is 303 g/mol. The molecule has 0 atom stereocenters. The molecule has 0 unspecified atom stereocenters. The summed E-state index contributed by atoms with van der Waals surface area (Å²) in [7, 11) is -3.80. The van der Waals surface area contributed by atoms with Crippen molar-refractivity contribution in [1.82, 2.24) is 14.9 Å². The van der Waals surface area contributed by atoms with E-state index < -0.39 is 21.8 Å². The molecule has 1 aromatic heterocycles. The molecule has 1 fully saturated rings. The fourth-order valence-corrected chi connectivity index (χ4v) is 2.87. The molecule has 112 valence electrons. The van der Waals surface area contributed by atoms with Crippen LogP contribution in [0.2, 0.25) is 0 Å². The van der Waals surface area contributed by atoms with Gasteiger partial charge in [0.2, 0.25) is 10.9 Å².